The lowest BCUT2D eigenvalue weighted by Gasteiger charge is -2.12. The number of ether oxygens (including phenoxy) is 1. The van der Waals surface area contributed by atoms with Crippen molar-refractivity contribution in [2.24, 2.45) is 0 Å². The quantitative estimate of drug-likeness (QED) is 0.470. The monoisotopic (exact) mass is 413 g/mol. The minimum Gasteiger partial charge on any atom is -0.375 e. The number of halogens is 3. The summed E-state index contributed by atoms with van der Waals surface area (Å²) in [6.45, 7) is 4.71. The van der Waals surface area contributed by atoms with Gasteiger partial charge in [0.15, 0.2) is 0 Å². The van der Waals surface area contributed by atoms with Crippen LogP contribution in [-0.2, 0) is 17.6 Å². The molecule has 0 bridgehead atoms. The highest BCUT2D eigenvalue weighted by Crippen LogP contribution is 2.20. The van der Waals surface area contributed by atoms with E-state index >= 15 is 0 Å². The Bertz CT molecular complexity index is 433. The fraction of sp³-hybridized carbons (Fsp3) is 0.714. The Morgan fingerprint density at radius 2 is 1.95 bits per heavy atom. The van der Waals surface area contributed by atoms with Crippen molar-refractivity contribution in [2.75, 3.05) is 25.1 Å². The molecule has 21 heavy (non-hydrogen) atoms. The highest BCUT2D eigenvalue weighted by atomic mass is 127. The molecule has 0 saturated heterocycles. The molecule has 0 spiro atoms. The van der Waals surface area contributed by atoms with Crippen LogP contribution in [0.3, 0.4) is 0 Å². The van der Waals surface area contributed by atoms with Crippen molar-refractivity contribution in [3.63, 3.8) is 0 Å². The number of aromatic nitrogens is 2. The number of nitrogens with one attached hydrogen (secondary N) is 1. The van der Waals surface area contributed by atoms with Gasteiger partial charge in [-0.25, -0.2) is 18.7 Å². The van der Waals surface area contributed by atoms with E-state index in [0.717, 1.165) is 40.9 Å². The molecule has 1 N–H and O–H groups in total. The number of anilines is 1. The third kappa shape index (κ3) is 6.82. The Kier molecular flexibility index (Phi) is 8.98. The molecule has 0 unspecified atom stereocenters. The molecule has 1 aromatic heterocycles. The zero-order valence-electron chi connectivity index (χ0n) is 12.5. The van der Waals surface area contributed by atoms with Crippen LogP contribution in [0.5, 0.6) is 0 Å². The minimum atomic E-state index is -2.43. The maximum absolute atomic E-state index is 12.0. The fourth-order valence-electron chi connectivity index (χ4n) is 1.76. The molecular formula is C14H22F2IN3O. The standard InChI is InChI=1S/C14H22F2IN3O/c1-3-5-10-13(17)14(18-7-4-2)20-12(19-10)6-8-21-9-11(15)16/h11H,3-9H2,1-2H3,(H,18,19,20). The number of aryl methyl sites for hydroxylation is 1. The van der Waals surface area contributed by atoms with Crippen LogP contribution in [-0.4, -0.2) is 36.2 Å². The van der Waals surface area contributed by atoms with Crippen LogP contribution in [0.4, 0.5) is 14.6 Å². The van der Waals surface area contributed by atoms with E-state index in [2.05, 4.69) is 51.7 Å². The first-order valence-corrected chi connectivity index (χ1v) is 8.31. The molecule has 0 amide bonds. The molecule has 0 aliphatic heterocycles. The lowest BCUT2D eigenvalue weighted by molar-refractivity contribution is 0.0183. The Morgan fingerprint density at radius 1 is 1.19 bits per heavy atom. The molecule has 7 heteroatoms. The van der Waals surface area contributed by atoms with Gasteiger partial charge in [0, 0.05) is 13.0 Å². The zero-order chi connectivity index (χ0) is 15.7. The predicted octanol–water partition coefficient (Wildman–Crippen LogP) is 3.68. The van der Waals surface area contributed by atoms with Gasteiger partial charge >= 0.3 is 0 Å². The first-order valence-electron chi connectivity index (χ1n) is 7.23. The molecule has 4 nitrogen and oxygen atoms in total. The van der Waals surface area contributed by atoms with E-state index in [-0.39, 0.29) is 6.61 Å². The van der Waals surface area contributed by atoms with Gasteiger partial charge in [0.2, 0.25) is 0 Å². The molecule has 1 aromatic rings. The smallest absolute Gasteiger partial charge is 0.261 e. The summed E-state index contributed by atoms with van der Waals surface area (Å²) >= 11 is 2.26. The van der Waals surface area contributed by atoms with Crippen molar-refractivity contribution in [3.05, 3.63) is 15.1 Å². The summed E-state index contributed by atoms with van der Waals surface area (Å²) in [6, 6.07) is 0. The van der Waals surface area contributed by atoms with Crippen molar-refractivity contribution < 1.29 is 13.5 Å². The molecule has 0 radical (unpaired) electrons. The number of rotatable bonds is 10. The van der Waals surface area contributed by atoms with Crippen LogP contribution >= 0.6 is 22.6 Å². The topological polar surface area (TPSA) is 47.0 Å². The second-order valence-corrected chi connectivity index (χ2v) is 5.72. The van der Waals surface area contributed by atoms with E-state index in [1.807, 2.05) is 0 Å². The molecular weight excluding hydrogens is 391 g/mol. The summed E-state index contributed by atoms with van der Waals surface area (Å²) < 4.78 is 30.0. The predicted molar refractivity (Wildman–Crippen MR) is 88.1 cm³/mol. The summed E-state index contributed by atoms with van der Waals surface area (Å²) in [5.74, 6) is 1.48. The van der Waals surface area contributed by atoms with Gasteiger partial charge in [-0.05, 0) is 35.4 Å². The van der Waals surface area contributed by atoms with Gasteiger partial charge in [-0.15, -0.1) is 0 Å². The normalized spacial score (nSPS) is 11.1. The summed E-state index contributed by atoms with van der Waals surface area (Å²) in [5, 5.41) is 3.29. The minimum absolute atomic E-state index is 0.212. The lowest BCUT2D eigenvalue weighted by Crippen LogP contribution is -2.13. The largest absolute Gasteiger partial charge is 0.375 e. The van der Waals surface area contributed by atoms with Gasteiger partial charge in [0.25, 0.3) is 6.43 Å². The Morgan fingerprint density at radius 3 is 2.57 bits per heavy atom. The zero-order valence-corrected chi connectivity index (χ0v) is 14.6. The van der Waals surface area contributed by atoms with E-state index in [1.165, 1.54) is 0 Å². The number of alkyl halides is 2. The molecule has 0 aromatic carbocycles. The van der Waals surface area contributed by atoms with Gasteiger partial charge in [-0.3, -0.25) is 0 Å². The molecule has 0 aliphatic rings. The second-order valence-electron chi connectivity index (χ2n) is 4.64. The van der Waals surface area contributed by atoms with Crippen molar-refractivity contribution in [3.8, 4) is 0 Å². The van der Waals surface area contributed by atoms with E-state index in [0.29, 0.717) is 12.2 Å². The molecule has 1 heterocycles. The van der Waals surface area contributed by atoms with Gasteiger partial charge < -0.3 is 10.1 Å². The van der Waals surface area contributed by atoms with Crippen molar-refractivity contribution in [2.45, 2.75) is 46.0 Å². The van der Waals surface area contributed by atoms with E-state index in [4.69, 9.17) is 4.74 Å². The third-order valence-electron chi connectivity index (χ3n) is 2.71. The Hall–Kier alpha value is -0.570. The van der Waals surface area contributed by atoms with Gasteiger partial charge in [0.1, 0.15) is 18.2 Å². The molecule has 0 atom stereocenters. The number of hydrogen-bond donors (Lipinski definition) is 1. The average molecular weight is 413 g/mol. The van der Waals surface area contributed by atoms with Crippen LogP contribution < -0.4 is 5.32 Å². The van der Waals surface area contributed by atoms with Gasteiger partial charge in [0.05, 0.1) is 15.9 Å². The van der Waals surface area contributed by atoms with E-state index < -0.39 is 13.0 Å². The third-order valence-corrected chi connectivity index (χ3v) is 3.84. The second kappa shape index (κ2) is 10.2. The van der Waals surface area contributed by atoms with Crippen molar-refractivity contribution >= 4 is 28.4 Å². The molecule has 120 valence electrons. The van der Waals surface area contributed by atoms with E-state index in [9.17, 15) is 8.78 Å². The van der Waals surface area contributed by atoms with Crippen LogP contribution in [0.25, 0.3) is 0 Å². The SMILES string of the molecule is CCCNc1nc(CCOCC(F)F)nc(CCC)c1I. The van der Waals surface area contributed by atoms with Crippen LogP contribution in [0.1, 0.15) is 38.2 Å². The summed E-state index contributed by atoms with van der Waals surface area (Å²) in [5.41, 5.74) is 1.01. The molecule has 0 aliphatic carbocycles. The van der Waals surface area contributed by atoms with Crippen LogP contribution in [0.2, 0.25) is 0 Å². The van der Waals surface area contributed by atoms with E-state index in [1.54, 1.807) is 0 Å². The summed E-state index contributed by atoms with van der Waals surface area (Å²) in [7, 11) is 0. The summed E-state index contributed by atoms with van der Waals surface area (Å²) in [6.07, 6.45) is 0.908. The summed E-state index contributed by atoms with van der Waals surface area (Å²) in [4.78, 5) is 8.99. The number of nitrogens with zero attached hydrogens (tertiary/aromatic N) is 2. The molecule has 1 rings (SSSR count). The molecule has 0 saturated carbocycles. The van der Waals surface area contributed by atoms with Crippen LogP contribution in [0, 0.1) is 3.57 Å². The molecule has 0 fully saturated rings. The Balaban J connectivity index is 2.74. The average Bonchev–Trinajstić information content (AvgIpc) is 2.45. The maximum Gasteiger partial charge on any atom is 0.261 e. The van der Waals surface area contributed by atoms with Gasteiger partial charge in [-0.2, -0.15) is 0 Å². The maximum atomic E-state index is 12.0. The fourth-order valence-corrected chi connectivity index (χ4v) is 2.46. The van der Waals surface area contributed by atoms with Crippen LogP contribution in [0.15, 0.2) is 0 Å². The first kappa shape index (κ1) is 18.5. The highest BCUT2D eigenvalue weighted by Gasteiger charge is 2.12. The Labute approximate surface area is 138 Å². The number of hydrogen-bond acceptors (Lipinski definition) is 4. The van der Waals surface area contributed by atoms with Gasteiger partial charge in [-0.1, -0.05) is 20.3 Å². The highest BCUT2D eigenvalue weighted by molar-refractivity contribution is 14.1. The van der Waals surface area contributed by atoms with Crippen molar-refractivity contribution in [1.82, 2.24) is 9.97 Å². The lowest BCUT2D eigenvalue weighted by atomic mass is 10.2. The van der Waals surface area contributed by atoms with Crippen molar-refractivity contribution in [1.29, 1.82) is 0 Å². The first-order chi connectivity index (χ1) is 10.1.